The number of hydrazine groups is 2. The van der Waals surface area contributed by atoms with E-state index in [1.807, 2.05) is 27.9 Å². The highest BCUT2D eigenvalue weighted by molar-refractivity contribution is 6.36. The number of carbonyl (C=O) groups excluding carboxylic acids is 8. The summed E-state index contributed by atoms with van der Waals surface area (Å²) in [6.45, 7) is 23.5. The van der Waals surface area contributed by atoms with Gasteiger partial charge in [0.05, 0.1) is 17.8 Å². The van der Waals surface area contributed by atoms with Crippen LogP contribution in [0.2, 0.25) is 0 Å². The number of rotatable bonds is 9. The van der Waals surface area contributed by atoms with E-state index < -0.39 is 76.8 Å². The summed E-state index contributed by atoms with van der Waals surface area (Å²) in [6.07, 6.45) is 2.67. The third-order valence-electron chi connectivity index (χ3n) is 13.3. The number of nitrogens with zero attached hydrogens (tertiary/aromatic N) is 4. The number of hydrogen-bond donors (Lipinski definition) is 4. The molecule has 4 heterocycles. The molecule has 4 aliphatic rings. The summed E-state index contributed by atoms with van der Waals surface area (Å²) in [5.74, 6) is -11.3. The highest BCUT2D eigenvalue weighted by Gasteiger charge is 2.54. The topological polar surface area (TPSA) is 198 Å². The molecular weight excluding hydrogens is 720 g/mol. The van der Waals surface area contributed by atoms with Gasteiger partial charge in [-0.15, -0.1) is 0 Å². The summed E-state index contributed by atoms with van der Waals surface area (Å²) < 4.78 is 0. The van der Waals surface area contributed by atoms with Crippen LogP contribution >= 0.6 is 0 Å². The predicted octanol–water partition coefficient (Wildman–Crippen LogP) is 1.88. The number of imide groups is 2. The van der Waals surface area contributed by atoms with Crippen molar-refractivity contribution in [1.29, 1.82) is 0 Å². The van der Waals surface area contributed by atoms with Gasteiger partial charge < -0.3 is 10.6 Å². The van der Waals surface area contributed by atoms with Crippen LogP contribution in [0.3, 0.4) is 0 Å². The molecule has 56 heavy (non-hydrogen) atoms. The molecule has 4 rings (SSSR count). The molecular formula is C40H66N8O8. The molecule has 0 aromatic rings. The molecule has 0 saturated carbocycles. The Morgan fingerprint density at radius 2 is 0.929 bits per heavy atom. The highest BCUT2D eigenvalue weighted by atomic mass is 16.2. The first-order valence-corrected chi connectivity index (χ1v) is 20.0. The fourth-order valence-electron chi connectivity index (χ4n) is 9.83. The van der Waals surface area contributed by atoms with E-state index in [1.54, 1.807) is 6.92 Å². The molecule has 0 bridgehead atoms. The molecule has 8 amide bonds. The Hall–Kier alpha value is -3.92. The van der Waals surface area contributed by atoms with E-state index in [1.165, 1.54) is 6.92 Å². The molecule has 0 aliphatic carbocycles. The van der Waals surface area contributed by atoms with E-state index in [9.17, 15) is 38.4 Å². The minimum atomic E-state index is -1.14. The molecule has 0 radical (unpaired) electrons. The molecule has 16 nitrogen and oxygen atoms in total. The van der Waals surface area contributed by atoms with Crippen molar-refractivity contribution in [2.45, 2.75) is 156 Å². The van der Waals surface area contributed by atoms with Gasteiger partial charge in [-0.2, -0.15) is 10.0 Å². The zero-order chi connectivity index (χ0) is 42.6. The molecule has 0 aromatic heterocycles. The average molecular weight is 787 g/mol. The van der Waals surface area contributed by atoms with Crippen molar-refractivity contribution in [3.8, 4) is 0 Å². The Morgan fingerprint density at radius 3 is 1.30 bits per heavy atom. The molecule has 4 saturated heterocycles. The van der Waals surface area contributed by atoms with Crippen molar-refractivity contribution in [3.63, 3.8) is 0 Å². The number of amides is 8. The van der Waals surface area contributed by atoms with Gasteiger partial charge in [0.15, 0.2) is 0 Å². The summed E-state index contributed by atoms with van der Waals surface area (Å²) >= 11 is 0. The van der Waals surface area contributed by atoms with E-state index in [0.29, 0.717) is 42.1 Å². The second-order valence-corrected chi connectivity index (χ2v) is 19.8. The van der Waals surface area contributed by atoms with Crippen LogP contribution in [-0.2, 0) is 38.4 Å². The zero-order valence-electron chi connectivity index (χ0n) is 35.9. The van der Waals surface area contributed by atoms with Crippen LogP contribution in [0.5, 0.6) is 0 Å². The van der Waals surface area contributed by atoms with E-state index in [0.717, 1.165) is 0 Å². The van der Waals surface area contributed by atoms with E-state index in [2.05, 4.69) is 86.7 Å². The summed E-state index contributed by atoms with van der Waals surface area (Å²) in [6, 6.07) is -0.623. The SMILES string of the molecule is CC(C)CC1C(=O)N(NC(=O)C(=O)NC2CC(C)(C)N(C)C(C)(C)C2)C(=O)C1C(C)CC1C(=O)N(NC(=O)C(=O)NC2CC(C)(C)N(C)C(C)(C)C2)C(=O)C1C. The van der Waals surface area contributed by atoms with Crippen molar-refractivity contribution in [2.75, 3.05) is 14.1 Å². The molecule has 4 fully saturated rings. The Labute approximate surface area is 331 Å². The molecule has 5 unspecified atom stereocenters. The number of likely N-dealkylation sites (tertiary alicyclic amines) is 2. The van der Waals surface area contributed by atoms with Gasteiger partial charge in [-0.05, 0) is 120 Å². The van der Waals surface area contributed by atoms with Gasteiger partial charge in [0.2, 0.25) is 0 Å². The number of nitrogens with one attached hydrogen (secondary N) is 4. The Morgan fingerprint density at radius 1 is 0.571 bits per heavy atom. The molecule has 16 heteroatoms. The smallest absolute Gasteiger partial charge is 0.328 e. The van der Waals surface area contributed by atoms with Gasteiger partial charge in [-0.1, -0.05) is 27.7 Å². The third kappa shape index (κ3) is 8.95. The molecule has 314 valence electrons. The van der Waals surface area contributed by atoms with Crippen LogP contribution in [0.15, 0.2) is 0 Å². The Kier molecular flexibility index (Phi) is 12.6. The summed E-state index contributed by atoms with van der Waals surface area (Å²) in [5.41, 5.74) is 3.44. The van der Waals surface area contributed by atoms with Crippen molar-refractivity contribution in [3.05, 3.63) is 0 Å². The highest BCUT2D eigenvalue weighted by Crippen LogP contribution is 2.41. The van der Waals surface area contributed by atoms with Crippen LogP contribution in [0, 0.1) is 35.5 Å². The maximum absolute atomic E-state index is 13.9. The normalized spacial score (nSPS) is 28.8. The standard InChI is InChI=1S/C40H66N8O8/c1-21(2)15-27-28(36(56)48(35(27)55)44-32(52)30(50)42-25-19-39(9,10)46(14)40(11,12)20-25)22(3)16-26-23(4)33(53)47(34(26)54)43-31(51)29(49)41-24-17-37(5,6)45(13)38(7,8)18-24/h21-28H,15-20H2,1-14H3,(H,41,49)(H,42,50)(H,43,51)(H,44,52). The first kappa shape index (κ1) is 44.8. The van der Waals surface area contributed by atoms with Gasteiger partial charge in [0.25, 0.3) is 23.6 Å². The first-order valence-electron chi connectivity index (χ1n) is 20.0. The maximum atomic E-state index is 13.9. The van der Waals surface area contributed by atoms with Crippen LogP contribution in [0.1, 0.15) is 122 Å². The van der Waals surface area contributed by atoms with Crippen molar-refractivity contribution in [2.24, 2.45) is 35.5 Å². The molecule has 4 aliphatic heterocycles. The van der Waals surface area contributed by atoms with Gasteiger partial charge in [0.1, 0.15) is 0 Å². The fraction of sp³-hybridized carbons (Fsp3) is 0.800. The average Bonchev–Trinajstić information content (AvgIpc) is 3.39. The summed E-state index contributed by atoms with van der Waals surface area (Å²) in [5, 5.41) is 6.77. The second kappa shape index (κ2) is 15.8. The van der Waals surface area contributed by atoms with Crippen LogP contribution < -0.4 is 21.5 Å². The lowest BCUT2D eigenvalue weighted by Gasteiger charge is -2.53. The van der Waals surface area contributed by atoms with Crippen molar-refractivity contribution in [1.82, 2.24) is 41.3 Å². The van der Waals surface area contributed by atoms with E-state index in [-0.39, 0.29) is 46.6 Å². The molecule has 4 N–H and O–H groups in total. The largest absolute Gasteiger partial charge is 0.345 e. The lowest BCUT2D eigenvalue weighted by atomic mass is 9.75. The van der Waals surface area contributed by atoms with Gasteiger partial charge in [-0.25, -0.2) is 10.9 Å². The maximum Gasteiger partial charge on any atom is 0.328 e. The van der Waals surface area contributed by atoms with Gasteiger partial charge in [-0.3, -0.25) is 48.2 Å². The molecule has 0 spiro atoms. The molecule has 5 atom stereocenters. The lowest BCUT2D eigenvalue weighted by Crippen LogP contribution is -2.63. The monoisotopic (exact) mass is 787 g/mol. The number of hydrogen-bond acceptors (Lipinski definition) is 10. The predicted molar refractivity (Wildman–Crippen MR) is 207 cm³/mol. The summed E-state index contributed by atoms with van der Waals surface area (Å²) in [4.78, 5) is 111. The van der Waals surface area contributed by atoms with E-state index in [4.69, 9.17) is 0 Å². The van der Waals surface area contributed by atoms with Gasteiger partial charge in [0, 0.05) is 40.2 Å². The number of carbonyl (C=O) groups is 8. The van der Waals surface area contributed by atoms with Crippen LogP contribution in [-0.4, -0.2) is 115 Å². The lowest BCUT2D eigenvalue weighted by molar-refractivity contribution is -0.153. The first-order chi connectivity index (χ1) is 25.5. The van der Waals surface area contributed by atoms with Crippen molar-refractivity contribution < 1.29 is 38.4 Å². The fourth-order valence-corrected chi connectivity index (χ4v) is 9.83. The molecule has 0 aromatic carbocycles. The minimum Gasteiger partial charge on any atom is -0.345 e. The Bertz CT molecular complexity index is 1600. The second-order valence-electron chi connectivity index (χ2n) is 19.8. The summed E-state index contributed by atoms with van der Waals surface area (Å²) in [7, 11) is 4.04. The number of piperidine rings is 2. The van der Waals surface area contributed by atoms with Crippen molar-refractivity contribution >= 4 is 47.3 Å². The van der Waals surface area contributed by atoms with E-state index >= 15 is 0 Å². The van der Waals surface area contributed by atoms with Crippen LogP contribution in [0.4, 0.5) is 0 Å². The minimum absolute atomic E-state index is 0.00627. The Balaban J connectivity index is 1.42. The van der Waals surface area contributed by atoms with Crippen LogP contribution in [0.25, 0.3) is 0 Å². The quantitative estimate of drug-likeness (QED) is 0.198. The third-order valence-corrected chi connectivity index (χ3v) is 13.3. The zero-order valence-corrected chi connectivity index (χ0v) is 35.9. The van der Waals surface area contributed by atoms with Gasteiger partial charge >= 0.3 is 23.6 Å².